The fourth-order valence-corrected chi connectivity index (χ4v) is 8.35. The van der Waals surface area contributed by atoms with Crippen LogP contribution in [-0.4, -0.2) is 67.4 Å². The number of sulfonamides is 1. The van der Waals surface area contributed by atoms with Crippen LogP contribution in [0.5, 0.6) is 11.5 Å². The number of phenols is 1. The number of carbonyl (C=O) groups is 3. The molecule has 3 aromatic carbocycles. The minimum absolute atomic E-state index is 0.0232. The van der Waals surface area contributed by atoms with Crippen molar-refractivity contribution in [3.8, 4) is 11.5 Å². The highest BCUT2D eigenvalue weighted by Gasteiger charge is 2.42. The lowest BCUT2D eigenvalue weighted by molar-refractivity contribution is -0.142. The number of carbonyl (C=O) groups excluding carboxylic acids is 2. The number of rotatable bonds is 17. The van der Waals surface area contributed by atoms with Gasteiger partial charge in [0.05, 0.1) is 16.1 Å². The highest BCUT2D eigenvalue weighted by molar-refractivity contribution is 7.98. The third-order valence-electron chi connectivity index (χ3n) is 8.90. The predicted molar refractivity (Wildman–Crippen MR) is 198 cm³/mol. The summed E-state index contributed by atoms with van der Waals surface area (Å²) in [4.78, 5) is 40.8. The third-order valence-corrected chi connectivity index (χ3v) is 11.3. The zero-order chi connectivity index (χ0) is 37.2. The molecule has 3 aromatic rings. The molecule has 0 spiro atoms. The number of nitrogens with one attached hydrogen (secondary N) is 3. The van der Waals surface area contributed by atoms with Crippen LogP contribution >= 0.6 is 11.8 Å². The van der Waals surface area contributed by atoms with Crippen LogP contribution in [0.1, 0.15) is 77.3 Å². The number of carboxylic acids is 1. The number of unbranched alkanes of at least 4 members (excludes halogenated alkanes) is 2. The molecule has 0 saturated carbocycles. The molecule has 276 valence electrons. The van der Waals surface area contributed by atoms with Crippen molar-refractivity contribution in [2.24, 2.45) is 0 Å². The summed E-state index contributed by atoms with van der Waals surface area (Å²) in [5.74, 6) is -2.57. The summed E-state index contributed by atoms with van der Waals surface area (Å²) in [5, 5.41) is 24.3. The SMILES string of the molecule is CCCCC1(CCCC)CN(c2ccccc2)c2cc(SC)c(OCC(=O)NC(C(=O)N[C@@H](CC)C(=O)O)c3ccc(O)cc3)cc2S(=O)(=O)N1. The van der Waals surface area contributed by atoms with E-state index >= 15 is 0 Å². The molecule has 0 saturated heterocycles. The number of fused-ring (bicyclic) bond motifs is 1. The van der Waals surface area contributed by atoms with E-state index in [4.69, 9.17) is 4.74 Å². The maximum atomic E-state index is 14.3. The number of anilines is 2. The molecule has 0 aromatic heterocycles. The summed E-state index contributed by atoms with van der Waals surface area (Å²) in [6.45, 7) is 5.64. The topological polar surface area (TPSA) is 174 Å². The van der Waals surface area contributed by atoms with Crippen LogP contribution in [0.15, 0.2) is 76.5 Å². The molecule has 51 heavy (non-hydrogen) atoms. The van der Waals surface area contributed by atoms with E-state index in [1.54, 1.807) is 13.0 Å². The predicted octanol–water partition coefficient (Wildman–Crippen LogP) is 5.88. The van der Waals surface area contributed by atoms with E-state index in [-0.39, 0.29) is 22.8 Å². The zero-order valence-electron chi connectivity index (χ0n) is 29.5. The maximum absolute atomic E-state index is 14.3. The van der Waals surface area contributed by atoms with Crippen LogP contribution in [-0.2, 0) is 24.4 Å². The fraction of sp³-hybridized carbons (Fsp3) is 0.432. The Morgan fingerprint density at radius 3 is 2.20 bits per heavy atom. The molecule has 12 nitrogen and oxygen atoms in total. The van der Waals surface area contributed by atoms with Crippen molar-refractivity contribution >= 4 is 50.9 Å². The Morgan fingerprint density at radius 2 is 1.63 bits per heavy atom. The summed E-state index contributed by atoms with van der Waals surface area (Å²) >= 11 is 1.34. The molecule has 1 heterocycles. The highest BCUT2D eigenvalue weighted by atomic mass is 32.2. The number of nitrogens with zero attached hydrogens (tertiary/aromatic N) is 1. The normalized spacial score (nSPS) is 15.9. The van der Waals surface area contributed by atoms with Gasteiger partial charge in [-0.15, -0.1) is 11.8 Å². The van der Waals surface area contributed by atoms with Crippen molar-refractivity contribution in [1.29, 1.82) is 0 Å². The second-order valence-electron chi connectivity index (χ2n) is 12.7. The number of carboxylic acid groups (broad SMARTS) is 1. The summed E-state index contributed by atoms with van der Waals surface area (Å²) in [7, 11) is -4.07. The molecule has 5 N–H and O–H groups in total. The Morgan fingerprint density at radius 1 is 0.980 bits per heavy atom. The monoisotopic (exact) mass is 740 g/mol. The van der Waals surface area contributed by atoms with Gasteiger partial charge < -0.3 is 30.5 Å². The lowest BCUT2D eigenvalue weighted by atomic mass is 9.87. The second kappa shape index (κ2) is 17.8. The molecular formula is C37H48N4O8S2. The van der Waals surface area contributed by atoms with Crippen LogP contribution in [0.3, 0.4) is 0 Å². The quantitative estimate of drug-likeness (QED) is 0.105. The minimum Gasteiger partial charge on any atom is -0.508 e. The molecule has 1 unspecified atom stereocenters. The molecule has 1 aliphatic heterocycles. The van der Waals surface area contributed by atoms with Gasteiger partial charge in [-0.05, 0) is 61.4 Å². The first-order valence-electron chi connectivity index (χ1n) is 17.2. The Bertz CT molecular complexity index is 1760. The summed E-state index contributed by atoms with van der Waals surface area (Å²) < 4.78 is 37.6. The van der Waals surface area contributed by atoms with Gasteiger partial charge in [0, 0.05) is 18.3 Å². The van der Waals surface area contributed by atoms with E-state index in [2.05, 4.69) is 34.1 Å². The molecule has 0 radical (unpaired) electrons. The fourth-order valence-electron chi connectivity index (χ4n) is 6.15. The Balaban J connectivity index is 1.68. The van der Waals surface area contributed by atoms with Gasteiger partial charge in [0.1, 0.15) is 28.5 Å². The number of phenolic OH excluding ortho intramolecular Hbond substituents is 1. The minimum atomic E-state index is -4.07. The lowest BCUT2D eigenvalue weighted by Crippen LogP contribution is -2.53. The lowest BCUT2D eigenvalue weighted by Gasteiger charge is -2.37. The van der Waals surface area contributed by atoms with Gasteiger partial charge in [-0.1, -0.05) is 76.8 Å². The first-order chi connectivity index (χ1) is 24.4. The standard InChI is InChI=1S/C37H48N4O8S2/c1-5-8-19-37(20-9-6-2)24-41(26-13-11-10-12-14-26)29-21-31(50-4)30(22-32(29)51(47,48)40-37)49-23-33(43)39-34(25-15-17-27(42)18-16-25)35(44)38-28(7-3)36(45)46/h10-18,21-22,28,34,40,42H,5-9,19-20,23-24H2,1-4H3,(H,38,44)(H,39,43)(H,45,46)/t28-,34?/m0/s1. The molecule has 0 bridgehead atoms. The number of thioether (sulfide) groups is 1. The second-order valence-corrected chi connectivity index (χ2v) is 15.2. The van der Waals surface area contributed by atoms with E-state index in [9.17, 15) is 33.0 Å². The Kier molecular flexibility index (Phi) is 13.8. The van der Waals surface area contributed by atoms with Gasteiger partial charge >= 0.3 is 5.97 Å². The van der Waals surface area contributed by atoms with Crippen LogP contribution in [0.4, 0.5) is 11.4 Å². The van der Waals surface area contributed by atoms with E-state index in [0.717, 1.165) is 31.4 Å². The first-order valence-corrected chi connectivity index (χ1v) is 19.9. The number of hydrogen-bond donors (Lipinski definition) is 5. The molecule has 4 rings (SSSR count). The summed E-state index contributed by atoms with van der Waals surface area (Å²) in [6.07, 6.45) is 6.81. The molecule has 0 aliphatic carbocycles. The number of aliphatic carboxylic acids is 1. The van der Waals surface area contributed by atoms with Crippen molar-refractivity contribution in [1.82, 2.24) is 15.4 Å². The molecule has 14 heteroatoms. The van der Waals surface area contributed by atoms with Crippen molar-refractivity contribution in [2.45, 2.75) is 93.1 Å². The van der Waals surface area contributed by atoms with Gasteiger partial charge in [0.2, 0.25) is 15.9 Å². The number of ether oxygens (including phenoxy) is 1. The molecule has 2 amide bonds. The van der Waals surface area contributed by atoms with E-state index in [1.807, 2.05) is 36.6 Å². The van der Waals surface area contributed by atoms with Crippen LogP contribution < -0.4 is 25.0 Å². The molecule has 0 fully saturated rings. The van der Waals surface area contributed by atoms with E-state index in [0.29, 0.717) is 35.5 Å². The average molecular weight is 741 g/mol. The number of hydrogen-bond acceptors (Lipinski definition) is 9. The number of para-hydroxylation sites is 1. The molecule has 2 atom stereocenters. The van der Waals surface area contributed by atoms with Gasteiger partial charge in [-0.2, -0.15) is 0 Å². The van der Waals surface area contributed by atoms with Crippen LogP contribution in [0.2, 0.25) is 0 Å². The van der Waals surface area contributed by atoms with Crippen LogP contribution in [0.25, 0.3) is 0 Å². The third kappa shape index (κ3) is 9.95. The number of aromatic hydroxyl groups is 1. The highest BCUT2D eigenvalue weighted by Crippen LogP contribution is 2.44. The zero-order valence-corrected chi connectivity index (χ0v) is 31.1. The number of amides is 2. The molecule has 1 aliphatic rings. The maximum Gasteiger partial charge on any atom is 0.326 e. The van der Waals surface area contributed by atoms with Crippen molar-refractivity contribution in [3.05, 3.63) is 72.3 Å². The van der Waals surface area contributed by atoms with E-state index in [1.165, 1.54) is 42.1 Å². The molecular weight excluding hydrogens is 693 g/mol. The Labute approximate surface area is 304 Å². The van der Waals surface area contributed by atoms with Crippen molar-refractivity contribution in [3.63, 3.8) is 0 Å². The van der Waals surface area contributed by atoms with Gasteiger partial charge in [0.25, 0.3) is 5.91 Å². The summed E-state index contributed by atoms with van der Waals surface area (Å²) in [5.41, 5.74) is 0.933. The van der Waals surface area contributed by atoms with Gasteiger partial charge in [-0.3, -0.25) is 9.59 Å². The summed E-state index contributed by atoms with van der Waals surface area (Å²) in [6, 6.07) is 16.0. The largest absolute Gasteiger partial charge is 0.508 e. The average Bonchev–Trinajstić information content (AvgIpc) is 3.21. The van der Waals surface area contributed by atoms with Crippen molar-refractivity contribution < 1.29 is 37.8 Å². The van der Waals surface area contributed by atoms with E-state index < -0.39 is 52.0 Å². The van der Waals surface area contributed by atoms with Crippen molar-refractivity contribution in [2.75, 3.05) is 24.3 Å². The number of benzene rings is 3. The first kappa shape index (κ1) is 39.5. The Hall–Kier alpha value is -4.27. The van der Waals surface area contributed by atoms with Gasteiger partial charge in [-0.25, -0.2) is 17.9 Å². The van der Waals surface area contributed by atoms with Gasteiger partial charge in [0.15, 0.2) is 6.61 Å². The smallest absolute Gasteiger partial charge is 0.326 e. The van der Waals surface area contributed by atoms with Crippen LogP contribution in [0, 0.1) is 0 Å².